The molecule has 0 saturated carbocycles. The lowest BCUT2D eigenvalue weighted by Crippen LogP contribution is -2.54. The molecule has 0 bridgehead atoms. The Morgan fingerprint density at radius 2 is 1.96 bits per heavy atom. The minimum Gasteiger partial charge on any atom is -0.503 e. The summed E-state index contributed by atoms with van der Waals surface area (Å²) in [5.74, 6) is -1.01. The number of benzene rings is 2. The highest BCUT2D eigenvalue weighted by atomic mass is 79.9. The average Bonchev–Trinajstić information content (AvgIpc) is 2.64. The first kappa shape index (κ1) is 20.3. The second kappa shape index (κ2) is 8.30. The molecule has 0 atom stereocenters. The van der Waals surface area contributed by atoms with Crippen LogP contribution in [0.5, 0.6) is 11.5 Å². The second-order valence-electron chi connectivity index (χ2n) is 5.72. The van der Waals surface area contributed by atoms with Crippen molar-refractivity contribution < 1.29 is 19.4 Å². The molecule has 1 saturated heterocycles. The Morgan fingerprint density at radius 1 is 1.29 bits per heavy atom. The highest BCUT2D eigenvalue weighted by molar-refractivity contribution is 9.10. The summed E-state index contributed by atoms with van der Waals surface area (Å²) in [4.78, 5) is 26.6. The van der Waals surface area contributed by atoms with Gasteiger partial charge in [-0.2, -0.15) is 0 Å². The third-order valence-electron chi connectivity index (χ3n) is 3.85. The van der Waals surface area contributed by atoms with Crippen LogP contribution in [0.25, 0.3) is 6.08 Å². The molecule has 0 radical (unpaired) electrons. The lowest BCUT2D eigenvalue weighted by atomic mass is 10.1. The summed E-state index contributed by atoms with van der Waals surface area (Å²) >= 11 is 14.3. The van der Waals surface area contributed by atoms with Crippen molar-refractivity contribution in [3.05, 3.63) is 57.0 Å². The van der Waals surface area contributed by atoms with Crippen LogP contribution in [0.15, 0.2) is 46.4 Å². The largest absolute Gasteiger partial charge is 0.503 e. The average molecular weight is 482 g/mol. The van der Waals surface area contributed by atoms with Crippen molar-refractivity contribution in [2.75, 3.05) is 11.5 Å². The summed E-state index contributed by atoms with van der Waals surface area (Å²) < 4.78 is 5.76. The van der Waals surface area contributed by atoms with Gasteiger partial charge in [0.05, 0.1) is 16.8 Å². The quantitative estimate of drug-likeness (QED) is 0.391. The molecule has 0 unspecified atom stereocenters. The highest BCUT2D eigenvalue weighted by Crippen LogP contribution is 2.36. The Hall–Kier alpha value is -2.42. The zero-order chi connectivity index (χ0) is 20.4. The maximum Gasteiger partial charge on any atom is 0.270 e. The Labute approximate surface area is 179 Å². The lowest BCUT2D eigenvalue weighted by molar-refractivity contribution is -0.122. The molecule has 2 N–H and O–H groups in total. The predicted octanol–water partition coefficient (Wildman–Crippen LogP) is 4.04. The van der Waals surface area contributed by atoms with Crippen LogP contribution in [-0.2, 0) is 9.59 Å². The monoisotopic (exact) mass is 480 g/mol. The number of nitrogens with one attached hydrogen (secondary N) is 1. The first-order chi connectivity index (χ1) is 13.3. The molecular weight excluding hydrogens is 468 g/mol. The number of halogens is 2. The summed E-state index contributed by atoms with van der Waals surface area (Å²) in [6.07, 6.45) is 1.41. The van der Waals surface area contributed by atoms with Crippen molar-refractivity contribution in [3.63, 3.8) is 0 Å². The number of carbonyl (C=O) groups excluding carboxylic acids is 2. The van der Waals surface area contributed by atoms with E-state index in [4.69, 9.17) is 28.6 Å². The Bertz CT molecular complexity index is 1010. The molecule has 6 nitrogen and oxygen atoms in total. The maximum atomic E-state index is 13.0. The van der Waals surface area contributed by atoms with Crippen molar-refractivity contribution in [1.82, 2.24) is 5.32 Å². The number of rotatable bonds is 4. The van der Waals surface area contributed by atoms with Gasteiger partial charge in [-0.1, -0.05) is 11.6 Å². The number of amides is 2. The lowest BCUT2D eigenvalue weighted by Gasteiger charge is -2.29. The summed E-state index contributed by atoms with van der Waals surface area (Å²) in [6.45, 7) is 2.12. The number of aromatic hydroxyl groups is 1. The van der Waals surface area contributed by atoms with Crippen LogP contribution in [-0.4, -0.2) is 28.6 Å². The van der Waals surface area contributed by atoms with Gasteiger partial charge >= 0.3 is 0 Å². The Balaban J connectivity index is 2.03. The number of anilines is 1. The fourth-order valence-corrected chi connectivity index (χ4v) is 3.46. The number of nitrogens with zero attached hydrogens (tertiary/aromatic N) is 1. The Morgan fingerprint density at radius 3 is 2.61 bits per heavy atom. The molecule has 1 heterocycles. The van der Waals surface area contributed by atoms with E-state index in [0.717, 1.165) is 0 Å². The third-order valence-corrected chi connectivity index (χ3v) is 4.99. The van der Waals surface area contributed by atoms with Crippen LogP contribution >= 0.6 is 39.7 Å². The van der Waals surface area contributed by atoms with Gasteiger partial charge < -0.3 is 9.84 Å². The third kappa shape index (κ3) is 4.04. The molecule has 1 aliphatic heterocycles. The minimum atomic E-state index is -0.609. The van der Waals surface area contributed by atoms with Crippen LogP contribution in [0.4, 0.5) is 5.69 Å². The van der Waals surface area contributed by atoms with E-state index in [1.165, 1.54) is 17.0 Å². The van der Waals surface area contributed by atoms with Gasteiger partial charge in [0.25, 0.3) is 11.8 Å². The molecule has 2 amide bonds. The van der Waals surface area contributed by atoms with Crippen LogP contribution in [0.1, 0.15) is 12.5 Å². The molecule has 9 heteroatoms. The molecule has 1 fully saturated rings. The van der Waals surface area contributed by atoms with E-state index in [-0.39, 0.29) is 22.2 Å². The predicted molar refractivity (Wildman–Crippen MR) is 115 cm³/mol. The van der Waals surface area contributed by atoms with E-state index >= 15 is 0 Å². The van der Waals surface area contributed by atoms with Gasteiger partial charge in [0, 0.05) is 5.02 Å². The minimum absolute atomic E-state index is 0.0173. The van der Waals surface area contributed by atoms with Gasteiger partial charge in [-0.25, -0.2) is 0 Å². The fraction of sp³-hybridized carbons (Fsp3) is 0.105. The van der Waals surface area contributed by atoms with E-state index in [9.17, 15) is 14.7 Å². The van der Waals surface area contributed by atoms with E-state index in [1.54, 1.807) is 37.3 Å². The van der Waals surface area contributed by atoms with Crippen molar-refractivity contribution in [3.8, 4) is 11.5 Å². The summed E-state index contributed by atoms with van der Waals surface area (Å²) in [7, 11) is 0. The number of carbonyl (C=O) groups is 2. The summed E-state index contributed by atoms with van der Waals surface area (Å²) in [5, 5.41) is 13.0. The number of phenolic OH excluding ortho intramolecular Hbond substituents is 1. The van der Waals surface area contributed by atoms with Crippen LogP contribution in [0.2, 0.25) is 5.02 Å². The normalized spacial score (nSPS) is 15.8. The number of hydrogen-bond acceptors (Lipinski definition) is 5. The first-order valence-corrected chi connectivity index (χ1v) is 9.72. The number of hydrogen-bond donors (Lipinski definition) is 2. The van der Waals surface area contributed by atoms with Gasteiger partial charge in [0.1, 0.15) is 5.57 Å². The van der Waals surface area contributed by atoms with Crippen molar-refractivity contribution in [2.24, 2.45) is 0 Å². The zero-order valence-corrected chi connectivity index (χ0v) is 17.7. The van der Waals surface area contributed by atoms with Gasteiger partial charge in [-0.3, -0.25) is 19.8 Å². The molecular formula is C19H14BrClN2O4S. The van der Waals surface area contributed by atoms with Crippen molar-refractivity contribution >= 4 is 68.4 Å². The van der Waals surface area contributed by atoms with E-state index in [0.29, 0.717) is 27.4 Å². The molecule has 0 aromatic heterocycles. The van der Waals surface area contributed by atoms with Crippen molar-refractivity contribution in [1.29, 1.82) is 0 Å². The van der Waals surface area contributed by atoms with E-state index in [1.807, 2.05) is 0 Å². The highest BCUT2D eigenvalue weighted by Gasteiger charge is 2.34. The maximum absolute atomic E-state index is 13.0. The van der Waals surface area contributed by atoms with E-state index < -0.39 is 11.8 Å². The van der Waals surface area contributed by atoms with Crippen molar-refractivity contribution in [2.45, 2.75) is 6.92 Å². The van der Waals surface area contributed by atoms with Gasteiger partial charge in [0.2, 0.25) is 0 Å². The second-order valence-corrected chi connectivity index (χ2v) is 7.39. The summed E-state index contributed by atoms with van der Waals surface area (Å²) in [5.41, 5.74) is 0.867. The van der Waals surface area contributed by atoms with Crippen LogP contribution in [0.3, 0.4) is 0 Å². The van der Waals surface area contributed by atoms with Crippen LogP contribution in [0, 0.1) is 0 Å². The smallest absolute Gasteiger partial charge is 0.270 e. The summed E-state index contributed by atoms with van der Waals surface area (Å²) in [6, 6.07) is 9.62. The molecule has 0 aliphatic carbocycles. The van der Waals surface area contributed by atoms with Gasteiger partial charge in [0.15, 0.2) is 16.6 Å². The van der Waals surface area contributed by atoms with Crippen LogP contribution < -0.4 is 15.0 Å². The number of thiocarbonyl (C=S) groups is 1. The van der Waals surface area contributed by atoms with E-state index in [2.05, 4.69) is 21.2 Å². The molecule has 2 aromatic carbocycles. The van der Waals surface area contributed by atoms with Gasteiger partial charge in [-0.05, 0) is 83.1 Å². The first-order valence-electron chi connectivity index (χ1n) is 8.14. The topological polar surface area (TPSA) is 78.9 Å². The molecule has 0 spiro atoms. The number of phenols is 1. The molecule has 2 aromatic rings. The zero-order valence-electron chi connectivity index (χ0n) is 14.5. The fourth-order valence-electron chi connectivity index (χ4n) is 2.59. The SMILES string of the molecule is CCOc1cc(/C=C2/C(=O)NC(=S)N(c3ccc(Cl)cc3)C2=O)cc(Br)c1O. The molecule has 1 aliphatic rings. The Kier molecular flexibility index (Phi) is 6.02. The molecule has 3 rings (SSSR count). The number of ether oxygens (including phenoxy) is 1. The molecule has 144 valence electrons. The molecule has 28 heavy (non-hydrogen) atoms. The standard InChI is InChI=1S/C19H14BrClN2O4S/c1-2-27-15-9-10(8-14(20)16(15)24)7-13-17(25)22-19(28)23(18(13)26)12-5-3-11(21)4-6-12/h3-9,24H,2H2,1H3,(H,22,25,28)/b13-7-. The van der Waals surface area contributed by atoms with Gasteiger partial charge in [-0.15, -0.1) is 0 Å².